The van der Waals surface area contributed by atoms with Crippen LogP contribution in [0.15, 0.2) is 30.5 Å². The van der Waals surface area contributed by atoms with Crippen LogP contribution < -0.4 is 4.90 Å². The summed E-state index contributed by atoms with van der Waals surface area (Å²) in [6, 6.07) is 7.20. The zero-order valence-electron chi connectivity index (χ0n) is 13.9. The van der Waals surface area contributed by atoms with Crippen molar-refractivity contribution in [3.8, 4) is 0 Å². The van der Waals surface area contributed by atoms with E-state index in [4.69, 9.17) is 5.11 Å². The molecule has 0 aliphatic carbocycles. The van der Waals surface area contributed by atoms with E-state index < -0.39 is 5.97 Å². The van der Waals surface area contributed by atoms with E-state index in [0.717, 1.165) is 49.2 Å². The van der Waals surface area contributed by atoms with E-state index in [2.05, 4.69) is 14.8 Å². The normalized spacial score (nSPS) is 17.7. The van der Waals surface area contributed by atoms with Gasteiger partial charge in [0.15, 0.2) is 0 Å². The molecule has 24 heavy (non-hydrogen) atoms. The van der Waals surface area contributed by atoms with Crippen molar-refractivity contribution in [2.45, 2.75) is 19.4 Å². The fourth-order valence-corrected chi connectivity index (χ4v) is 3.25. The molecule has 1 fully saturated rings. The Hall–Kier alpha value is -2.18. The molecule has 3 rings (SSSR count). The van der Waals surface area contributed by atoms with Crippen molar-refractivity contribution in [3.05, 3.63) is 36.0 Å². The first-order valence-electron chi connectivity index (χ1n) is 8.32. The number of aliphatic hydroxyl groups is 1. The topological polar surface area (TPSA) is 76.9 Å². The van der Waals surface area contributed by atoms with Crippen molar-refractivity contribution in [2.24, 2.45) is 0 Å². The van der Waals surface area contributed by atoms with Gasteiger partial charge in [-0.1, -0.05) is 0 Å². The van der Waals surface area contributed by atoms with Crippen LogP contribution in [0.2, 0.25) is 0 Å². The molecule has 1 unspecified atom stereocenters. The molecule has 0 amide bonds. The van der Waals surface area contributed by atoms with Gasteiger partial charge in [-0.3, -0.25) is 4.90 Å². The molecule has 1 aromatic heterocycles. The standard InChI is InChI=1S/C18H23N3O3/c1-13(12-22)20-7-2-8-21(10-9-20)17-16-4-3-15(18(23)24)11-14(16)5-6-19-17/h3-6,11,13,22H,2,7-10,12H2,1H3,(H,23,24). The number of aliphatic hydroxyl groups excluding tert-OH is 1. The summed E-state index contributed by atoms with van der Waals surface area (Å²) in [5.41, 5.74) is 0.290. The van der Waals surface area contributed by atoms with Crippen LogP contribution >= 0.6 is 0 Å². The minimum Gasteiger partial charge on any atom is -0.478 e. The fourth-order valence-electron chi connectivity index (χ4n) is 3.25. The average Bonchev–Trinajstić information content (AvgIpc) is 2.86. The van der Waals surface area contributed by atoms with Crippen molar-refractivity contribution in [1.29, 1.82) is 0 Å². The monoisotopic (exact) mass is 329 g/mol. The molecule has 2 heterocycles. The van der Waals surface area contributed by atoms with E-state index in [1.54, 1.807) is 18.3 Å². The predicted octanol–water partition coefficient (Wildman–Crippen LogP) is 1.83. The highest BCUT2D eigenvalue weighted by Gasteiger charge is 2.20. The van der Waals surface area contributed by atoms with Crippen LogP contribution in [0.25, 0.3) is 10.8 Å². The average molecular weight is 329 g/mol. The summed E-state index contributed by atoms with van der Waals surface area (Å²) >= 11 is 0. The zero-order chi connectivity index (χ0) is 17.1. The van der Waals surface area contributed by atoms with Crippen LogP contribution in [0, 0.1) is 0 Å². The largest absolute Gasteiger partial charge is 0.478 e. The number of pyridine rings is 1. The Morgan fingerprint density at radius 3 is 2.83 bits per heavy atom. The zero-order valence-corrected chi connectivity index (χ0v) is 13.9. The van der Waals surface area contributed by atoms with Gasteiger partial charge >= 0.3 is 5.97 Å². The van der Waals surface area contributed by atoms with Gasteiger partial charge in [-0.05, 0) is 43.0 Å². The quantitative estimate of drug-likeness (QED) is 0.891. The van der Waals surface area contributed by atoms with Gasteiger partial charge in [0.1, 0.15) is 5.82 Å². The number of hydrogen-bond donors (Lipinski definition) is 2. The Labute approximate surface area is 141 Å². The van der Waals surface area contributed by atoms with Gasteiger partial charge in [-0.2, -0.15) is 0 Å². The number of aromatic carboxylic acids is 1. The molecule has 1 aliphatic heterocycles. The van der Waals surface area contributed by atoms with Crippen molar-refractivity contribution in [3.63, 3.8) is 0 Å². The molecule has 1 aliphatic rings. The Bertz CT molecular complexity index is 735. The third-order valence-corrected chi connectivity index (χ3v) is 4.71. The lowest BCUT2D eigenvalue weighted by Gasteiger charge is -2.26. The van der Waals surface area contributed by atoms with Crippen LogP contribution in [0.5, 0.6) is 0 Å². The van der Waals surface area contributed by atoms with Gasteiger partial charge in [0, 0.05) is 43.8 Å². The van der Waals surface area contributed by atoms with E-state index in [1.807, 2.05) is 19.1 Å². The maximum Gasteiger partial charge on any atom is 0.335 e. The molecule has 2 aromatic rings. The molecule has 0 bridgehead atoms. The molecule has 128 valence electrons. The van der Waals surface area contributed by atoms with Crippen LogP contribution in [-0.4, -0.2) is 64.9 Å². The van der Waals surface area contributed by atoms with Gasteiger partial charge in [0.25, 0.3) is 0 Å². The summed E-state index contributed by atoms with van der Waals surface area (Å²) in [4.78, 5) is 20.3. The minimum atomic E-state index is -0.918. The van der Waals surface area contributed by atoms with Crippen molar-refractivity contribution in [1.82, 2.24) is 9.88 Å². The van der Waals surface area contributed by atoms with E-state index in [0.29, 0.717) is 5.56 Å². The summed E-state index contributed by atoms with van der Waals surface area (Å²) in [5, 5.41) is 20.4. The van der Waals surface area contributed by atoms with Crippen LogP contribution in [0.4, 0.5) is 5.82 Å². The van der Waals surface area contributed by atoms with Crippen LogP contribution in [-0.2, 0) is 0 Å². The maximum atomic E-state index is 11.2. The smallest absolute Gasteiger partial charge is 0.335 e. The highest BCUT2D eigenvalue weighted by molar-refractivity contribution is 5.98. The van der Waals surface area contributed by atoms with Crippen molar-refractivity contribution in [2.75, 3.05) is 37.7 Å². The molecule has 2 N–H and O–H groups in total. The number of benzene rings is 1. The highest BCUT2D eigenvalue weighted by Crippen LogP contribution is 2.26. The maximum absolute atomic E-state index is 11.2. The number of carboxylic acid groups (broad SMARTS) is 1. The third kappa shape index (κ3) is 3.34. The van der Waals surface area contributed by atoms with Crippen LogP contribution in [0.3, 0.4) is 0 Å². The van der Waals surface area contributed by atoms with Gasteiger partial charge in [0.05, 0.1) is 12.2 Å². The van der Waals surface area contributed by atoms with E-state index in [9.17, 15) is 9.90 Å². The Balaban J connectivity index is 1.88. The molecule has 0 saturated carbocycles. The Morgan fingerprint density at radius 2 is 2.08 bits per heavy atom. The lowest BCUT2D eigenvalue weighted by Crippen LogP contribution is -2.38. The molecule has 0 spiro atoms. The number of aromatic nitrogens is 1. The van der Waals surface area contributed by atoms with E-state index in [1.165, 1.54) is 0 Å². The first-order chi connectivity index (χ1) is 11.6. The summed E-state index contributed by atoms with van der Waals surface area (Å²) in [7, 11) is 0. The Morgan fingerprint density at radius 1 is 1.25 bits per heavy atom. The summed E-state index contributed by atoms with van der Waals surface area (Å²) in [6.07, 6.45) is 2.75. The van der Waals surface area contributed by atoms with Crippen molar-refractivity contribution >= 4 is 22.6 Å². The lowest BCUT2D eigenvalue weighted by molar-refractivity contribution is 0.0697. The van der Waals surface area contributed by atoms with Crippen LogP contribution in [0.1, 0.15) is 23.7 Å². The SMILES string of the molecule is CC(CO)N1CCCN(c2nccc3cc(C(=O)O)ccc23)CC1. The summed E-state index contributed by atoms with van der Waals surface area (Å²) < 4.78 is 0. The molecule has 1 saturated heterocycles. The number of anilines is 1. The lowest BCUT2D eigenvalue weighted by atomic mass is 10.1. The van der Waals surface area contributed by atoms with Gasteiger partial charge in [-0.15, -0.1) is 0 Å². The Kier molecular flexibility index (Phi) is 4.97. The molecule has 1 aromatic carbocycles. The van der Waals surface area contributed by atoms with Gasteiger partial charge < -0.3 is 15.1 Å². The summed E-state index contributed by atoms with van der Waals surface area (Å²) in [5.74, 6) is -0.0124. The third-order valence-electron chi connectivity index (χ3n) is 4.71. The van der Waals surface area contributed by atoms with Gasteiger partial charge in [-0.25, -0.2) is 9.78 Å². The molecule has 6 heteroatoms. The van der Waals surface area contributed by atoms with E-state index in [-0.39, 0.29) is 12.6 Å². The number of hydrogen-bond acceptors (Lipinski definition) is 5. The molecular weight excluding hydrogens is 306 g/mol. The highest BCUT2D eigenvalue weighted by atomic mass is 16.4. The summed E-state index contributed by atoms with van der Waals surface area (Å²) in [6.45, 7) is 5.81. The number of nitrogens with zero attached hydrogens (tertiary/aromatic N) is 3. The first-order valence-corrected chi connectivity index (χ1v) is 8.32. The molecule has 6 nitrogen and oxygen atoms in total. The number of carboxylic acids is 1. The second-order valence-electron chi connectivity index (χ2n) is 6.28. The fraction of sp³-hybridized carbons (Fsp3) is 0.444. The second kappa shape index (κ2) is 7.15. The van der Waals surface area contributed by atoms with E-state index >= 15 is 0 Å². The number of carbonyl (C=O) groups is 1. The molecule has 1 atom stereocenters. The molecule has 0 radical (unpaired) electrons. The second-order valence-corrected chi connectivity index (χ2v) is 6.28. The van der Waals surface area contributed by atoms with Gasteiger partial charge in [0.2, 0.25) is 0 Å². The molecular formula is C18H23N3O3. The minimum absolute atomic E-state index is 0.170. The number of fused-ring (bicyclic) bond motifs is 1. The number of rotatable bonds is 4. The van der Waals surface area contributed by atoms with Crippen molar-refractivity contribution < 1.29 is 15.0 Å². The first kappa shape index (κ1) is 16.7. The predicted molar refractivity (Wildman–Crippen MR) is 93.7 cm³/mol.